The highest BCUT2D eigenvalue weighted by atomic mass is 35.5. The first-order chi connectivity index (χ1) is 10.7. The van der Waals surface area contributed by atoms with Gasteiger partial charge >= 0.3 is 0 Å². The van der Waals surface area contributed by atoms with Crippen molar-refractivity contribution >= 4 is 30.1 Å². The lowest BCUT2D eigenvalue weighted by molar-refractivity contribution is -0.127. The first-order valence-corrected chi connectivity index (χ1v) is 9.13. The maximum Gasteiger partial charge on any atom is 0.232 e. The van der Waals surface area contributed by atoms with Crippen molar-refractivity contribution in [3.8, 4) is 0 Å². The van der Waals surface area contributed by atoms with E-state index in [0.29, 0.717) is 11.8 Å². The average Bonchev–Trinajstić information content (AvgIpc) is 3.05. The van der Waals surface area contributed by atoms with Crippen LogP contribution >= 0.6 is 24.2 Å². The molecule has 23 heavy (non-hydrogen) atoms. The number of halogens is 1. The molecule has 0 saturated carbocycles. The number of hydrogen-bond donors (Lipinski definition) is 1. The number of carbonyl (C=O) groups is 1. The molecule has 2 aliphatic heterocycles. The van der Waals surface area contributed by atoms with Crippen LogP contribution in [0.3, 0.4) is 0 Å². The fraction of sp³-hybridized carbons (Fsp3) is 0.588. The molecule has 1 amide bonds. The van der Waals surface area contributed by atoms with Crippen molar-refractivity contribution in [1.82, 2.24) is 15.1 Å². The zero-order chi connectivity index (χ0) is 15.4. The summed E-state index contributed by atoms with van der Waals surface area (Å²) in [6, 6.07) is 8.84. The van der Waals surface area contributed by atoms with Gasteiger partial charge in [-0.15, -0.1) is 24.2 Å². The van der Waals surface area contributed by atoms with Gasteiger partial charge in [0.15, 0.2) is 0 Å². The molecule has 1 N–H and O–H groups in total. The van der Waals surface area contributed by atoms with Gasteiger partial charge in [0, 0.05) is 50.2 Å². The highest BCUT2D eigenvalue weighted by Crippen LogP contribution is 2.23. The van der Waals surface area contributed by atoms with Gasteiger partial charge in [-0.05, 0) is 25.0 Å². The summed E-state index contributed by atoms with van der Waals surface area (Å²) < 4.78 is 0. The van der Waals surface area contributed by atoms with E-state index in [1.807, 2.05) is 12.1 Å². The third-order valence-electron chi connectivity index (χ3n) is 4.63. The summed E-state index contributed by atoms with van der Waals surface area (Å²) in [6.07, 6.45) is 1.13. The van der Waals surface area contributed by atoms with Crippen LogP contribution in [0.15, 0.2) is 29.2 Å². The molecular formula is C17H26ClN3OS. The Balaban J connectivity index is 0.00000192. The van der Waals surface area contributed by atoms with Crippen LogP contribution < -0.4 is 5.32 Å². The van der Waals surface area contributed by atoms with Gasteiger partial charge in [0.2, 0.25) is 5.91 Å². The Hall–Kier alpha value is -0.750. The third kappa shape index (κ3) is 4.86. The number of hydrogen-bond acceptors (Lipinski definition) is 4. The first-order valence-electron chi connectivity index (χ1n) is 8.15. The number of thioether (sulfide) groups is 1. The molecule has 0 bridgehead atoms. The second kappa shape index (κ2) is 8.92. The molecule has 2 aliphatic rings. The second-order valence-corrected chi connectivity index (χ2v) is 7.14. The predicted molar refractivity (Wildman–Crippen MR) is 98.6 cm³/mol. The van der Waals surface area contributed by atoms with Crippen LogP contribution in [0.4, 0.5) is 0 Å². The van der Waals surface area contributed by atoms with Gasteiger partial charge in [0.1, 0.15) is 0 Å². The Morgan fingerprint density at radius 3 is 2.74 bits per heavy atom. The lowest BCUT2D eigenvalue weighted by Gasteiger charge is -2.32. The number of likely N-dealkylation sites (tertiary alicyclic amines) is 1. The van der Waals surface area contributed by atoms with Gasteiger partial charge in [-0.25, -0.2) is 0 Å². The summed E-state index contributed by atoms with van der Waals surface area (Å²) in [5.74, 6) is 0.838. The molecule has 2 saturated heterocycles. The van der Waals surface area contributed by atoms with E-state index in [4.69, 9.17) is 0 Å². The summed E-state index contributed by atoms with van der Waals surface area (Å²) in [7, 11) is 0. The third-order valence-corrected chi connectivity index (χ3v) is 5.79. The highest BCUT2D eigenvalue weighted by molar-refractivity contribution is 8.00. The quantitative estimate of drug-likeness (QED) is 0.838. The minimum absolute atomic E-state index is 0. The highest BCUT2D eigenvalue weighted by Gasteiger charge is 2.30. The van der Waals surface area contributed by atoms with Crippen molar-refractivity contribution in [1.29, 1.82) is 0 Å². The molecule has 4 nitrogen and oxygen atoms in total. The molecule has 2 heterocycles. The van der Waals surface area contributed by atoms with E-state index >= 15 is 0 Å². The monoisotopic (exact) mass is 355 g/mol. The number of aryl methyl sites for hydroxylation is 1. The fourth-order valence-electron chi connectivity index (χ4n) is 3.26. The van der Waals surface area contributed by atoms with Crippen molar-refractivity contribution in [2.24, 2.45) is 0 Å². The Bertz CT molecular complexity index is 522. The molecule has 0 spiro atoms. The topological polar surface area (TPSA) is 35.6 Å². The number of piperazine rings is 1. The Morgan fingerprint density at radius 2 is 2.00 bits per heavy atom. The second-order valence-electron chi connectivity index (χ2n) is 6.12. The maximum atomic E-state index is 12.4. The van der Waals surface area contributed by atoms with Gasteiger partial charge in [0.25, 0.3) is 0 Å². The largest absolute Gasteiger partial charge is 0.340 e. The molecular weight excluding hydrogens is 330 g/mol. The standard InChI is InChI=1S/C17H25N3OS.ClH/c1-14-4-2-3-5-16(14)22-13-17(21)20-9-6-15(12-20)19-10-7-18-8-11-19;/h2-5,15,18H,6-13H2,1H3;1H. The Kier molecular flexibility index (Phi) is 7.21. The van der Waals surface area contributed by atoms with E-state index < -0.39 is 0 Å². The summed E-state index contributed by atoms with van der Waals surface area (Å²) in [4.78, 5) is 18.2. The first kappa shape index (κ1) is 18.6. The molecule has 3 rings (SSSR count). The van der Waals surface area contributed by atoms with Crippen molar-refractivity contribution in [3.05, 3.63) is 29.8 Å². The summed E-state index contributed by atoms with van der Waals surface area (Å²) in [6.45, 7) is 8.31. The zero-order valence-corrected chi connectivity index (χ0v) is 15.3. The van der Waals surface area contributed by atoms with Crippen LogP contribution in [0, 0.1) is 6.92 Å². The summed E-state index contributed by atoms with van der Waals surface area (Å²) in [5.41, 5.74) is 1.25. The number of amides is 1. The van der Waals surface area contributed by atoms with Gasteiger partial charge < -0.3 is 10.2 Å². The van der Waals surface area contributed by atoms with Crippen LogP contribution in [-0.4, -0.2) is 66.8 Å². The van der Waals surface area contributed by atoms with Crippen LogP contribution in [0.25, 0.3) is 0 Å². The SMILES string of the molecule is Cc1ccccc1SCC(=O)N1CCC(N2CCNCC2)C1.Cl. The van der Waals surface area contributed by atoms with Crippen molar-refractivity contribution in [2.45, 2.75) is 24.3 Å². The van der Waals surface area contributed by atoms with Gasteiger partial charge in [-0.1, -0.05) is 18.2 Å². The Morgan fingerprint density at radius 1 is 1.26 bits per heavy atom. The molecule has 1 atom stereocenters. The summed E-state index contributed by atoms with van der Waals surface area (Å²) >= 11 is 1.66. The lowest BCUT2D eigenvalue weighted by Crippen LogP contribution is -2.49. The van der Waals surface area contributed by atoms with Crippen molar-refractivity contribution in [2.75, 3.05) is 45.0 Å². The van der Waals surface area contributed by atoms with Gasteiger partial charge in [-0.3, -0.25) is 9.69 Å². The van der Waals surface area contributed by atoms with Crippen LogP contribution in [-0.2, 0) is 4.79 Å². The van der Waals surface area contributed by atoms with Gasteiger partial charge in [-0.2, -0.15) is 0 Å². The zero-order valence-electron chi connectivity index (χ0n) is 13.7. The minimum atomic E-state index is 0. The van der Waals surface area contributed by atoms with Gasteiger partial charge in [0.05, 0.1) is 5.75 Å². The Labute approximate surface area is 149 Å². The van der Waals surface area contributed by atoms with E-state index in [-0.39, 0.29) is 18.3 Å². The number of carbonyl (C=O) groups excluding carboxylic acids is 1. The minimum Gasteiger partial charge on any atom is -0.340 e. The van der Waals surface area contributed by atoms with Crippen LogP contribution in [0.5, 0.6) is 0 Å². The van der Waals surface area contributed by atoms with E-state index in [1.165, 1.54) is 10.5 Å². The molecule has 2 fully saturated rings. The smallest absolute Gasteiger partial charge is 0.232 e. The van der Waals surface area contributed by atoms with Crippen LogP contribution in [0.1, 0.15) is 12.0 Å². The number of nitrogens with zero attached hydrogens (tertiary/aromatic N) is 2. The van der Waals surface area contributed by atoms with Crippen molar-refractivity contribution in [3.63, 3.8) is 0 Å². The molecule has 0 aromatic heterocycles. The predicted octanol–water partition coefficient (Wildman–Crippen LogP) is 2.02. The maximum absolute atomic E-state index is 12.4. The van der Waals surface area contributed by atoms with Crippen LogP contribution in [0.2, 0.25) is 0 Å². The fourth-order valence-corrected chi connectivity index (χ4v) is 4.19. The summed E-state index contributed by atoms with van der Waals surface area (Å²) in [5, 5.41) is 3.39. The number of rotatable bonds is 4. The molecule has 6 heteroatoms. The lowest BCUT2D eigenvalue weighted by atomic mass is 10.2. The van der Waals surface area contributed by atoms with E-state index in [9.17, 15) is 4.79 Å². The molecule has 0 radical (unpaired) electrons. The molecule has 1 aromatic rings. The normalized spacial score (nSPS) is 22.0. The number of nitrogens with one attached hydrogen (secondary N) is 1. The van der Waals surface area contributed by atoms with E-state index in [2.05, 4.69) is 34.2 Å². The van der Waals surface area contributed by atoms with Crippen molar-refractivity contribution < 1.29 is 4.79 Å². The van der Waals surface area contributed by atoms with E-state index in [0.717, 1.165) is 45.7 Å². The molecule has 0 aliphatic carbocycles. The number of benzene rings is 1. The molecule has 128 valence electrons. The molecule has 1 aromatic carbocycles. The molecule has 1 unspecified atom stereocenters. The average molecular weight is 356 g/mol. The van der Waals surface area contributed by atoms with E-state index in [1.54, 1.807) is 11.8 Å².